The predicted octanol–water partition coefficient (Wildman–Crippen LogP) is 1.43. The van der Waals surface area contributed by atoms with E-state index in [1.165, 1.54) is 0 Å². The van der Waals surface area contributed by atoms with E-state index in [9.17, 15) is 4.79 Å². The van der Waals surface area contributed by atoms with Crippen molar-refractivity contribution in [3.63, 3.8) is 0 Å². The molecule has 4 heteroatoms. The maximum atomic E-state index is 12.6. The van der Waals surface area contributed by atoms with Crippen LogP contribution in [-0.2, 0) is 11.3 Å². The summed E-state index contributed by atoms with van der Waals surface area (Å²) in [7, 11) is 0. The molecule has 0 spiro atoms. The molecule has 1 saturated heterocycles. The molecular formula is C15H21N3O. The molecule has 4 nitrogen and oxygen atoms in total. The van der Waals surface area contributed by atoms with Gasteiger partial charge in [-0.3, -0.25) is 9.78 Å². The zero-order valence-corrected chi connectivity index (χ0v) is 11.4. The molecule has 1 N–H and O–H groups in total. The lowest BCUT2D eigenvalue weighted by atomic mass is 9.88. The fourth-order valence-electron chi connectivity index (χ4n) is 2.59. The Balaban J connectivity index is 1.68. The quantitative estimate of drug-likeness (QED) is 0.870. The van der Waals surface area contributed by atoms with Gasteiger partial charge in [-0.15, -0.1) is 0 Å². The maximum absolute atomic E-state index is 12.6. The second kappa shape index (κ2) is 5.29. The molecule has 1 aliphatic carbocycles. The SMILES string of the molecule is CC(C(=O)N(Cc1cccnc1)C1CC1)C1CNC1. The highest BCUT2D eigenvalue weighted by Crippen LogP contribution is 2.31. The Morgan fingerprint density at radius 3 is 2.84 bits per heavy atom. The second-order valence-electron chi connectivity index (χ2n) is 5.77. The Kier molecular flexibility index (Phi) is 3.51. The van der Waals surface area contributed by atoms with E-state index in [1.54, 1.807) is 6.20 Å². The van der Waals surface area contributed by atoms with Gasteiger partial charge >= 0.3 is 0 Å². The van der Waals surface area contributed by atoms with Crippen LogP contribution in [0.2, 0.25) is 0 Å². The number of carbonyl (C=O) groups excluding carboxylic acids is 1. The van der Waals surface area contributed by atoms with Crippen LogP contribution in [0.3, 0.4) is 0 Å². The van der Waals surface area contributed by atoms with Crippen LogP contribution in [0, 0.1) is 11.8 Å². The smallest absolute Gasteiger partial charge is 0.226 e. The second-order valence-corrected chi connectivity index (χ2v) is 5.77. The lowest BCUT2D eigenvalue weighted by Crippen LogP contribution is -2.50. The molecule has 1 aliphatic heterocycles. The van der Waals surface area contributed by atoms with Crippen molar-refractivity contribution in [2.75, 3.05) is 13.1 Å². The summed E-state index contributed by atoms with van der Waals surface area (Å²) < 4.78 is 0. The maximum Gasteiger partial charge on any atom is 0.226 e. The van der Waals surface area contributed by atoms with Crippen molar-refractivity contribution in [2.24, 2.45) is 11.8 Å². The first-order chi connectivity index (χ1) is 9.25. The van der Waals surface area contributed by atoms with Crippen molar-refractivity contribution in [3.8, 4) is 0 Å². The molecule has 1 unspecified atom stereocenters. The summed E-state index contributed by atoms with van der Waals surface area (Å²) >= 11 is 0. The third-order valence-electron chi connectivity index (χ3n) is 4.26. The van der Waals surface area contributed by atoms with E-state index < -0.39 is 0 Å². The van der Waals surface area contributed by atoms with Gasteiger partial charge in [0.05, 0.1) is 0 Å². The summed E-state index contributed by atoms with van der Waals surface area (Å²) in [6, 6.07) is 4.44. The van der Waals surface area contributed by atoms with Crippen molar-refractivity contribution in [1.29, 1.82) is 0 Å². The lowest BCUT2D eigenvalue weighted by Gasteiger charge is -2.35. The van der Waals surface area contributed by atoms with E-state index in [4.69, 9.17) is 0 Å². The first kappa shape index (κ1) is 12.6. The molecule has 102 valence electrons. The van der Waals surface area contributed by atoms with Crippen LogP contribution in [0.15, 0.2) is 24.5 Å². The van der Waals surface area contributed by atoms with Crippen LogP contribution in [0.4, 0.5) is 0 Å². The number of aromatic nitrogens is 1. The molecule has 1 amide bonds. The monoisotopic (exact) mass is 259 g/mol. The van der Waals surface area contributed by atoms with Gasteiger partial charge in [-0.2, -0.15) is 0 Å². The molecule has 1 saturated carbocycles. The van der Waals surface area contributed by atoms with Crippen molar-refractivity contribution in [2.45, 2.75) is 32.4 Å². The molecule has 2 fully saturated rings. The molecule has 1 aromatic rings. The summed E-state index contributed by atoms with van der Waals surface area (Å²) in [5.41, 5.74) is 1.13. The van der Waals surface area contributed by atoms with Gasteiger partial charge < -0.3 is 10.2 Å². The van der Waals surface area contributed by atoms with Gasteiger partial charge in [0.1, 0.15) is 0 Å². The standard InChI is InChI=1S/C15H21N3O/c1-11(13-8-17-9-13)15(19)18(14-4-5-14)10-12-3-2-6-16-7-12/h2-3,6-7,11,13-14,17H,4-5,8-10H2,1H3. The Bertz CT molecular complexity index is 440. The third-order valence-corrected chi connectivity index (χ3v) is 4.26. The van der Waals surface area contributed by atoms with Crippen molar-refractivity contribution in [1.82, 2.24) is 15.2 Å². The third kappa shape index (κ3) is 2.78. The molecule has 1 aromatic heterocycles. The topological polar surface area (TPSA) is 45.2 Å². The van der Waals surface area contributed by atoms with Crippen LogP contribution in [0.1, 0.15) is 25.3 Å². The number of hydrogen-bond donors (Lipinski definition) is 1. The molecular weight excluding hydrogens is 238 g/mol. The molecule has 3 rings (SSSR count). The lowest BCUT2D eigenvalue weighted by molar-refractivity contribution is -0.138. The van der Waals surface area contributed by atoms with Crippen LogP contribution in [0.5, 0.6) is 0 Å². The van der Waals surface area contributed by atoms with Gasteiger partial charge in [0, 0.05) is 30.9 Å². The summed E-state index contributed by atoms with van der Waals surface area (Å²) in [6.45, 7) is 4.75. The molecule has 0 bridgehead atoms. The van der Waals surface area contributed by atoms with Crippen molar-refractivity contribution < 1.29 is 4.79 Å². The molecule has 19 heavy (non-hydrogen) atoms. The van der Waals surface area contributed by atoms with Gasteiger partial charge in [0.25, 0.3) is 0 Å². The van der Waals surface area contributed by atoms with E-state index in [0.29, 0.717) is 24.4 Å². The summed E-state index contributed by atoms with van der Waals surface area (Å²) in [4.78, 5) is 18.8. The Hall–Kier alpha value is -1.42. The zero-order valence-electron chi connectivity index (χ0n) is 11.4. The minimum absolute atomic E-state index is 0.138. The Morgan fingerprint density at radius 1 is 1.53 bits per heavy atom. The summed E-state index contributed by atoms with van der Waals surface area (Å²) in [5.74, 6) is 0.971. The Labute approximate surface area is 114 Å². The number of carbonyl (C=O) groups is 1. The van der Waals surface area contributed by atoms with E-state index in [-0.39, 0.29) is 5.92 Å². The van der Waals surface area contributed by atoms with Gasteiger partial charge in [0.2, 0.25) is 5.91 Å². The largest absolute Gasteiger partial charge is 0.335 e. The highest BCUT2D eigenvalue weighted by Gasteiger charge is 2.38. The molecule has 2 aliphatic rings. The summed E-state index contributed by atoms with van der Waals surface area (Å²) in [5, 5.41) is 3.25. The van der Waals surface area contributed by atoms with Crippen molar-refractivity contribution in [3.05, 3.63) is 30.1 Å². The van der Waals surface area contributed by atoms with Crippen LogP contribution in [0.25, 0.3) is 0 Å². The number of rotatable bonds is 5. The number of amides is 1. The average Bonchev–Trinajstić information content (AvgIpc) is 3.18. The minimum Gasteiger partial charge on any atom is -0.335 e. The fraction of sp³-hybridized carbons (Fsp3) is 0.600. The highest BCUT2D eigenvalue weighted by molar-refractivity contribution is 5.79. The van der Waals surface area contributed by atoms with Crippen molar-refractivity contribution >= 4 is 5.91 Å². The minimum atomic E-state index is 0.138. The number of nitrogens with one attached hydrogen (secondary N) is 1. The molecule has 0 radical (unpaired) electrons. The first-order valence-electron chi connectivity index (χ1n) is 7.16. The number of hydrogen-bond acceptors (Lipinski definition) is 3. The first-order valence-corrected chi connectivity index (χ1v) is 7.16. The van der Waals surface area contributed by atoms with E-state index in [0.717, 1.165) is 31.5 Å². The van der Waals surface area contributed by atoms with Crippen LogP contribution in [-0.4, -0.2) is 34.9 Å². The fourth-order valence-corrected chi connectivity index (χ4v) is 2.59. The summed E-state index contributed by atoms with van der Waals surface area (Å²) in [6.07, 6.45) is 5.94. The van der Waals surface area contributed by atoms with E-state index in [2.05, 4.69) is 22.1 Å². The van der Waals surface area contributed by atoms with Gasteiger partial charge in [-0.05, 0) is 43.5 Å². The zero-order chi connectivity index (χ0) is 13.2. The predicted molar refractivity (Wildman–Crippen MR) is 73.3 cm³/mol. The molecule has 1 atom stereocenters. The van der Waals surface area contributed by atoms with Crippen LogP contribution < -0.4 is 5.32 Å². The van der Waals surface area contributed by atoms with E-state index in [1.807, 2.05) is 18.3 Å². The highest BCUT2D eigenvalue weighted by atomic mass is 16.2. The van der Waals surface area contributed by atoms with Gasteiger partial charge in [-0.1, -0.05) is 13.0 Å². The molecule has 0 aromatic carbocycles. The Morgan fingerprint density at radius 2 is 2.32 bits per heavy atom. The van der Waals surface area contributed by atoms with Crippen LogP contribution >= 0.6 is 0 Å². The van der Waals surface area contributed by atoms with E-state index >= 15 is 0 Å². The molecule has 2 heterocycles. The normalized spacial score (nSPS) is 20.7. The average molecular weight is 259 g/mol. The number of pyridine rings is 1. The van der Waals surface area contributed by atoms with Gasteiger partial charge in [0.15, 0.2) is 0 Å². The number of nitrogens with zero attached hydrogens (tertiary/aromatic N) is 2. The van der Waals surface area contributed by atoms with Gasteiger partial charge in [-0.25, -0.2) is 0 Å².